The molecule has 0 aliphatic carbocycles. The minimum absolute atomic E-state index is 0.251. The molecular formula is C10H14N2O. The minimum atomic E-state index is 0.251. The van der Waals surface area contributed by atoms with Crippen molar-refractivity contribution < 1.29 is 5.11 Å². The largest absolute Gasteiger partial charge is 0.507 e. The van der Waals surface area contributed by atoms with Crippen LogP contribution in [0.1, 0.15) is 5.56 Å². The summed E-state index contributed by atoms with van der Waals surface area (Å²) in [6, 6.07) is 5.00. The van der Waals surface area contributed by atoms with E-state index < -0.39 is 0 Å². The first-order valence-electron chi connectivity index (χ1n) is 4.13. The topological polar surface area (TPSA) is 58.3 Å². The maximum absolute atomic E-state index is 9.41. The molecule has 4 N–H and O–H groups in total. The predicted octanol–water partition coefficient (Wildman–Crippen LogP) is 1.21. The van der Waals surface area contributed by atoms with Crippen molar-refractivity contribution >= 4 is 11.8 Å². The molecule has 0 unspecified atom stereocenters. The molecule has 0 heterocycles. The van der Waals surface area contributed by atoms with E-state index in [2.05, 4.69) is 5.32 Å². The molecule has 70 valence electrons. The third-order valence-corrected chi connectivity index (χ3v) is 1.67. The van der Waals surface area contributed by atoms with Gasteiger partial charge in [0.05, 0.1) is 0 Å². The van der Waals surface area contributed by atoms with Gasteiger partial charge < -0.3 is 16.2 Å². The van der Waals surface area contributed by atoms with E-state index in [0.29, 0.717) is 5.69 Å². The van der Waals surface area contributed by atoms with Gasteiger partial charge in [0.15, 0.2) is 0 Å². The molecule has 13 heavy (non-hydrogen) atoms. The predicted molar refractivity (Wildman–Crippen MR) is 55.5 cm³/mol. The lowest BCUT2D eigenvalue weighted by Crippen LogP contribution is -2.03. The van der Waals surface area contributed by atoms with Gasteiger partial charge in [0.1, 0.15) is 5.75 Å². The molecule has 0 aromatic heterocycles. The van der Waals surface area contributed by atoms with Crippen molar-refractivity contribution in [2.45, 2.75) is 0 Å². The summed E-state index contributed by atoms with van der Waals surface area (Å²) in [4.78, 5) is 0. The summed E-state index contributed by atoms with van der Waals surface area (Å²) in [5.74, 6) is 0.251. The summed E-state index contributed by atoms with van der Waals surface area (Å²) in [5.41, 5.74) is 6.97. The first-order chi connectivity index (χ1) is 6.24. The summed E-state index contributed by atoms with van der Waals surface area (Å²) in [5, 5.41) is 12.4. The normalized spacial score (nSPS) is 10.8. The molecule has 0 radical (unpaired) electrons. The van der Waals surface area contributed by atoms with Gasteiger partial charge in [-0.3, -0.25) is 0 Å². The Labute approximate surface area is 77.9 Å². The maximum atomic E-state index is 9.41. The molecular weight excluding hydrogens is 164 g/mol. The van der Waals surface area contributed by atoms with Crippen molar-refractivity contribution in [1.82, 2.24) is 5.32 Å². The van der Waals surface area contributed by atoms with Gasteiger partial charge in [0.2, 0.25) is 0 Å². The van der Waals surface area contributed by atoms with Crippen molar-refractivity contribution in [2.24, 2.45) is 0 Å². The number of rotatable bonds is 3. The summed E-state index contributed by atoms with van der Waals surface area (Å²) in [7, 11) is 1.86. The van der Waals surface area contributed by atoms with Crippen LogP contribution >= 0.6 is 0 Å². The Bertz CT molecular complexity index is 308. The number of nitrogen functional groups attached to an aromatic ring is 1. The number of benzene rings is 1. The van der Waals surface area contributed by atoms with Crippen LogP contribution in [0.25, 0.3) is 6.08 Å². The summed E-state index contributed by atoms with van der Waals surface area (Å²) in [6.45, 7) is 0.772. The second-order valence-corrected chi connectivity index (χ2v) is 2.78. The van der Waals surface area contributed by atoms with E-state index >= 15 is 0 Å². The van der Waals surface area contributed by atoms with Gasteiger partial charge in [-0.05, 0) is 25.2 Å². The van der Waals surface area contributed by atoms with E-state index in [4.69, 9.17) is 5.73 Å². The van der Waals surface area contributed by atoms with Crippen LogP contribution in [0.5, 0.6) is 5.75 Å². The molecule has 0 atom stereocenters. The highest BCUT2D eigenvalue weighted by molar-refractivity contribution is 5.62. The Morgan fingerprint density at radius 1 is 1.54 bits per heavy atom. The SMILES string of the molecule is CNCC=Cc1cc(N)ccc1O. The van der Waals surface area contributed by atoms with Crippen molar-refractivity contribution in [2.75, 3.05) is 19.3 Å². The summed E-state index contributed by atoms with van der Waals surface area (Å²) in [6.07, 6.45) is 3.76. The highest BCUT2D eigenvalue weighted by Gasteiger charge is 1.95. The molecule has 3 heteroatoms. The second-order valence-electron chi connectivity index (χ2n) is 2.78. The van der Waals surface area contributed by atoms with E-state index in [1.165, 1.54) is 0 Å². The average Bonchev–Trinajstić information content (AvgIpc) is 2.11. The van der Waals surface area contributed by atoms with Gasteiger partial charge in [-0.1, -0.05) is 12.2 Å². The molecule has 0 aliphatic rings. The van der Waals surface area contributed by atoms with E-state index in [1.54, 1.807) is 18.2 Å². The van der Waals surface area contributed by atoms with E-state index in [-0.39, 0.29) is 5.75 Å². The number of anilines is 1. The minimum Gasteiger partial charge on any atom is -0.507 e. The van der Waals surface area contributed by atoms with E-state index in [9.17, 15) is 5.11 Å². The molecule has 1 aromatic rings. The smallest absolute Gasteiger partial charge is 0.122 e. The Hall–Kier alpha value is -1.48. The van der Waals surface area contributed by atoms with Crippen LogP contribution in [-0.2, 0) is 0 Å². The van der Waals surface area contributed by atoms with Crippen LogP contribution in [0.2, 0.25) is 0 Å². The molecule has 0 saturated carbocycles. The Morgan fingerprint density at radius 3 is 3.00 bits per heavy atom. The highest BCUT2D eigenvalue weighted by Crippen LogP contribution is 2.20. The maximum Gasteiger partial charge on any atom is 0.122 e. The zero-order valence-electron chi connectivity index (χ0n) is 7.62. The first-order valence-corrected chi connectivity index (χ1v) is 4.13. The lowest BCUT2D eigenvalue weighted by atomic mass is 10.1. The van der Waals surface area contributed by atoms with Crippen molar-refractivity contribution in [3.05, 3.63) is 29.8 Å². The van der Waals surface area contributed by atoms with Gasteiger partial charge >= 0.3 is 0 Å². The van der Waals surface area contributed by atoms with Gasteiger partial charge in [-0.2, -0.15) is 0 Å². The number of phenols is 1. The average molecular weight is 178 g/mol. The molecule has 0 amide bonds. The number of hydrogen-bond donors (Lipinski definition) is 3. The van der Waals surface area contributed by atoms with Crippen LogP contribution in [0, 0.1) is 0 Å². The first kappa shape index (κ1) is 9.61. The highest BCUT2D eigenvalue weighted by atomic mass is 16.3. The molecule has 0 aliphatic heterocycles. The fourth-order valence-corrected chi connectivity index (χ4v) is 1.01. The standard InChI is InChI=1S/C10H14N2O/c1-12-6-2-3-8-7-9(11)4-5-10(8)13/h2-5,7,12-13H,6,11H2,1H3. The Kier molecular flexibility index (Phi) is 3.34. The fourth-order valence-electron chi connectivity index (χ4n) is 1.01. The van der Waals surface area contributed by atoms with Crippen LogP contribution in [0.4, 0.5) is 5.69 Å². The van der Waals surface area contributed by atoms with Crippen LogP contribution in [-0.4, -0.2) is 18.7 Å². The van der Waals surface area contributed by atoms with Gasteiger partial charge in [-0.15, -0.1) is 0 Å². The van der Waals surface area contributed by atoms with Crippen LogP contribution < -0.4 is 11.1 Å². The number of nitrogens with two attached hydrogens (primary N) is 1. The van der Waals surface area contributed by atoms with Gasteiger partial charge in [0, 0.05) is 17.8 Å². The number of nitrogens with one attached hydrogen (secondary N) is 1. The zero-order valence-corrected chi connectivity index (χ0v) is 7.62. The molecule has 1 rings (SSSR count). The quantitative estimate of drug-likeness (QED) is 0.481. The summed E-state index contributed by atoms with van der Waals surface area (Å²) < 4.78 is 0. The molecule has 1 aromatic carbocycles. The Morgan fingerprint density at radius 2 is 2.31 bits per heavy atom. The summed E-state index contributed by atoms with van der Waals surface area (Å²) >= 11 is 0. The van der Waals surface area contributed by atoms with Crippen molar-refractivity contribution in [3.8, 4) is 5.75 Å². The van der Waals surface area contributed by atoms with Crippen LogP contribution in [0.15, 0.2) is 24.3 Å². The lowest BCUT2D eigenvalue weighted by Gasteiger charge is -2.00. The van der Waals surface area contributed by atoms with Gasteiger partial charge in [-0.25, -0.2) is 0 Å². The molecule has 0 bridgehead atoms. The van der Waals surface area contributed by atoms with Crippen molar-refractivity contribution in [3.63, 3.8) is 0 Å². The second kappa shape index (κ2) is 4.52. The van der Waals surface area contributed by atoms with Gasteiger partial charge in [0.25, 0.3) is 0 Å². The monoisotopic (exact) mass is 178 g/mol. The third kappa shape index (κ3) is 2.80. The molecule has 0 spiro atoms. The third-order valence-electron chi connectivity index (χ3n) is 1.67. The molecule has 0 saturated heterocycles. The van der Waals surface area contributed by atoms with E-state index in [0.717, 1.165) is 12.1 Å². The number of phenolic OH excluding ortho intramolecular Hbond substituents is 1. The van der Waals surface area contributed by atoms with Crippen molar-refractivity contribution in [1.29, 1.82) is 0 Å². The van der Waals surface area contributed by atoms with Crippen LogP contribution in [0.3, 0.4) is 0 Å². The van der Waals surface area contributed by atoms with E-state index in [1.807, 2.05) is 19.2 Å². The lowest BCUT2D eigenvalue weighted by molar-refractivity contribution is 0.474. The number of aromatic hydroxyl groups is 1. The number of likely N-dealkylation sites (N-methyl/N-ethyl adjacent to an activating group) is 1. The molecule has 3 nitrogen and oxygen atoms in total. The number of hydrogen-bond acceptors (Lipinski definition) is 3. The zero-order chi connectivity index (χ0) is 9.68. The fraction of sp³-hybridized carbons (Fsp3) is 0.200. The molecule has 0 fully saturated rings. The Balaban J connectivity index is 2.81.